The van der Waals surface area contributed by atoms with Gasteiger partial charge in [-0.05, 0) is 51.4 Å². The van der Waals surface area contributed by atoms with E-state index in [1.165, 1.54) is 12.8 Å². The zero-order chi connectivity index (χ0) is 16.8. The van der Waals surface area contributed by atoms with Gasteiger partial charge in [-0.3, -0.25) is 4.99 Å². The summed E-state index contributed by atoms with van der Waals surface area (Å²) in [5.41, 5.74) is -0.516. The smallest absolute Gasteiger partial charge is 0.193 e. The summed E-state index contributed by atoms with van der Waals surface area (Å²) in [6.07, 6.45) is 9.20. The van der Waals surface area contributed by atoms with Gasteiger partial charge in [0.05, 0.1) is 24.4 Å². The number of ether oxygens (including phenoxy) is 2. The van der Waals surface area contributed by atoms with Crippen molar-refractivity contribution >= 4 is 5.96 Å². The van der Waals surface area contributed by atoms with Crippen molar-refractivity contribution in [3.05, 3.63) is 0 Å². The molecule has 6 heteroatoms. The zero-order valence-corrected chi connectivity index (χ0v) is 15.0. The van der Waals surface area contributed by atoms with Gasteiger partial charge in [-0.15, -0.1) is 0 Å². The van der Waals surface area contributed by atoms with Gasteiger partial charge in [0, 0.05) is 33.3 Å². The van der Waals surface area contributed by atoms with Crippen molar-refractivity contribution in [3.8, 4) is 0 Å². The molecule has 0 aromatic rings. The molecule has 3 aliphatic rings. The molecular weight excluding hydrogens is 306 g/mol. The summed E-state index contributed by atoms with van der Waals surface area (Å²) in [7, 11) is 1.82. The molecule has 24 heavy (non-hydrogen) atoms. The fourth-order valence-corrected chi connectivity index (χ4v) is 3.75. The van der Waals surface area contributed by atoms with Crippen LogP contribution in [0.5, 0.6) is 0 Å². The lowest BCUT2D eigenvalue weighted by atomic mass is 9.80. The quantitative estimate of drug-likeness (QED) is 0.587. The van der Waals surface area contributed by atoms with Gasteiger partial charge < -0.3 is 24.8 Å². The van der Waals surface area contributed by atoms with Gasteiger partial charge >= 0.3 is 0 Å². The highest BCUT2D eigenvalue weighted by Crippen LogP contribution is 2.30. The number of hydrogen-bond donors (Lipinski definition) is 2. The fourth-order valence-electron chi connectivity index (χ4n) is 3.75. The summed E-state index contributed by atoms with van der Waals surface area (Å²) in [6.45, 7) is 4.14. The van der Waals surface area contributed by atoms with Crippen LogP contribution in [-0.2, 0) is 9.47 Å². The Hall–Kier alpha value is -0.850. The third-order valence-corrected chi connectivity index (χ3v) is 5.60. The van der Waals surface area contributed by atoms with E-state index in [0.29, 0.717) is 18.8 Å². The summed E-state index contributed by atoms with van der Waals surface area (Å²) >= 11 is 0. The molecule has 0 spiro atoms. The summed E-state index contributed by atoms with van der Waals surface area (Å²) in [6, 6.07) is 0. The second-order valence-corrected chi connectivity index (χ2v) is 7.49. The van der Waals surface area contributed by atoms with Crippen LogP contribution in [0.3, 0.4) is 0 Å². The highest BCUT2D eigenvalue weighted by atomic mass is 16.5. The number of rotatable bonds is 5. The number of aliphatic hydroxyl groups is 1. The summed E-state index contributed by atoms with van der Waals surface area (Å²) in [5, 5.41) is 13.6. The average molecular weight is 339 g/mol. The van der Waals surface area contributed by atoms with Gasteiger partial charge in [0.15, 0.2) is 5.96 Å². The average Bonchev–Trinajstić information content (AvgIpc) is 2.61. The van der Waals surface area contributed by atoms with E-state index in [-0.39, 0.29) is 0 Å². The van der Waals surface area contributed by atoms with Crippen LogP contribution in [0, 0.1) is 0 Å². The molecule has 3 fully saturated rings. The monoisotopic (exact) mass is 339 g/mol. The van der Waals surface area contributed by atoms with Crippen LogP contribution in [0.2, 0.25) is 0 Å². The van der Waals surface area contributed by atoms with Gasteiger partial charge in [-0.25, -0.2) is 0 Å². The molecule has 2 heterocycles. The summed E-state index contributed by atoms with van der Waals surface area (Å²) in [5.74, 6) is 0.907. The topological polar surface area (TPSA) is 66.3 Å². The molecule has 0 aromatic heterocycles. The zero-order valence-electron chi connectivity index (χ0n) is 15.0. The maximum Gasteiger partial charge on any atom is 0.193 e. The van der Waals surface area contributed by atoms with Crippen molar-refractivity contribution in [2.45, 2.75) is 69.2 Å². The molecule has 0 bridgehead atoms. The number of hydrogen-bond acceptors (Lipinski definition) is 4. The molecule has 3 rings (SSSR count). The minimum Gasteiger partial charge on any atom is -0.388 e. The highest BCUT2D eigenvalue weighted by molar-refractivity contribution is 5.80. The fraction of sp³-hybridized carbons (Fsp3) is 0.944. The lowest BCUT2D eigenvalue weighted by Crippen LogP contribution is -2.53. The molecule has 1 atom stereocenters. The second-order valence-electron chi connectivity index (χ2n) is 7.49. The van der Waals surface area contributed by atoms with Gasteiger partial charge in [0.2, 0.25) is 0 Å². The van der Waals surface area contributed by atoms with Crippen molar-refractivity contribution in [3.63, 3.8) is 0 Å². The van der Waals surface area contributed by atoms with Crippen LogP contribution in [0.15, 0.2) is 4.99 Å². The first-order valence-electron chi connectivity index (χ1n) is 9.60. The van der Waals surface area contributed by atoms with E-state index in [1.54, 1.807) is 0 Å². The van der Waals surface area contributed by atoms with Gasteiger partial charge in [-0.2, -0.15) is 0 Å². The van der Waals surface area contributed by atoms with E-state index >= 15 is 0 Å². The third kappa shape index (κ3) is 4.83. The second kappa shape index (κ2) is 8.50. The first kappa shape index (κ1) is 18.0. The van der Waals surface area contributed by atoms with Crippen LogP contribution >= 0.6 is 0 Å². The van der Waals surface area contributed by atoms with Gasteiger partial charge in [-0.1, -0.05) is 0 Å². The number of aliphatic imine (C=N–C) groups is 1. The largest absolute Gasteiger partial charge is 0.388 e. The number of likely N-dealkylation sites (tertiary alicyclic amines) is 1. The Balaban J connectivity index is 1.35. The van der Waals surface area contributed by atoms with E-state index in [4.69, 9.17) is 9.47 Å². The molecule has 1 unspecified atom stereocenters. The molecule has 1 saturated carbocycles. The van der Waals surface area contributed by atoms with Crippen molar-refractivity contribution in [2.75, 3.05) is 39.9 Å². The van der Waals surface area contributed by atoms with E-state index in [9.17, 15) is 5.11 Å². The Labute approximate surface area is 145 Å². The van der Waals surface area contributed by atoms with Gasteiger partial charge in [0.1, 0.15) is 0 Å². The molecule has 2 aliphatic heterocycles. The Morgan fingerprint density at radius 2 is 2.04 bits per heavy atom. The minimum absolute atomic E-state index is 0.300. The Morgan fingerprint density at radius 3 is 2.62 bits per heavy atom. The van der Waals surface area contributed by atoms with Crippen LogP contribution in [0.4, 0.5) is 0 Å². The van der Waals surface area contributed by atoms with E-state index < -0.39 is 5.60 Å². The maximum absolute atomic E-state index is 10.2. The van der Waals surface area contributed by atoms with Crippen molar-refractivity contribution in [2.24, 2.45) is 4.99 Å². The normalized spacial score (nSPS) is 28.5. The first-order valence-corrected chi connectivity index (χ1v) is 9.60. The molecule has 0 aromatic carbocycles. The Kier molecular flexibility index (Phi) is 6.36. The highest BCUT2D eigenvalue weighted by Gasteiger charge is 2.35. The van der Waals surface area contributed by atoms with E-state index in [1.807, 2.05) is 7.05 Å². The third-order valence-electron chi connectivity index (χ3n) is 5.60. The number of guanidine groups is 1. The van der Waals surface area contributed by atoms with Gasteiger partial charge in [0.25, 0.3) is 0 Å². The predicted octanol–water partition coefficient (Wildman–Crippen LogP) is 1.53. The molecule has 1 aliphatic carbocycles. The number of piperidine rings is 1. The molecule has 0 amide bonds. The van der Waals surface area contributed by atoms with Crippen molar-refractivity contribution in [1.29, 1.82) is 0 Å². The van der Waals surface area contributed by atoms with Crippen LogP contribution in [0.1, 0.15) is 51.4 Å². The first-order chi connectivity index (χ1) is 11.7. The minimum atomic E-state index is -0.516. The lowest BCUT2D eigenvalue weighted by Gasteiger charge is -2.39. The molecule has 138 valence electrons. The van der Waals surface area contributed by atoms with Crippen molar-refractivity contribution < 1.29 is 14.6 Å². The standard InChI is InChI=1S/C18H33N3O3/c1-19-17(20-14-18(22)8-4-9-18)21-10-6-15(7-11-21)24-13-16-5-2-3-12-23-16/h15-16,22H,2-14H2,1H3,(H,19,20). The molecular formula is C18H33N3O3. The van der Waals surface area contributed by atoms with E-state index in [2.05, 4.69) is 15.2 Å². The number of nitrogens with zero attached hydrogens (tertiary/aromatic N) is 2. The van der Waals surface area contributed by atoms with Crippen LogP contribution < -0.4 is 5.32 Å². The molecule has 6 nitrogen and oxygen atoms in total. The molecule has 2 N–H and O–H groups in total. The van der Waals surface area contributed by atoms with E-state index in [0.717, 1.165) is 70.8 Å². The predicted molar refractivity (Wildman–Crippen MR) is 94.3 cm³/mol. The summed E-state index contributed by atoms with van der Waals surface area (Å²) in [4.78, 5) is 6.65. The SMILES string of the molecule is CN=C(NCC1(O)CCC1)N1CCC(OCC2CCCCO2)CC1. The number of nitrogens with one attached hydrogen (secondary N) is 1. The molecule has 2 saturated heterocycles. The lowest BCUT2D eigenvalue weighted by molar-refractivity contribution is -0.0722. The van der Waals surface area contributed by atoms with Crippen LogP contribution in [0.25, 0.3) is 0 Å². The summed E-state index contributed by atoms with van der Waals surface area (Å²) < 4.78 is 11.8. The van der Waals surface area contributed by atoms with Crippen LogP contribution in [-0.4, -0.2) is 73.7 Å². The molecule has 0 radical (unpaired) electrons. The Morgan fingerprint density at radius 1 is 1.25 bits per heavy atom. The Bertz CT molecular complexity index is 412. The maximum atomic E-state index is 10.2. The van der Waals surface area contributed by atoms with Crippen molar-refractivity contribution in [1.82, 2.24) is 10.2 Å².